The highest BCUT2D eigenvalue weighted by molar-refractivity contribution is 7.85. The highest BCUT2D eigenvalue weighted by Gasteiger charge is 2.14. The average Bonchev–Trinajstić information content (AvgIpc) is 3.14. The van der Waals surface area contributed by atoms with Gasteiger partial charge in [0.1, 0.15) is 18.9 Å². The second-order valence-electron chi connectivity index (χ2n) is 7.00. The molecule has 0 amide bonds. The molecule has 0 bridgehead atoms. The summed E-state index contributed by atoms with van der Waals surface area (Å²) in [6, 6.07) is 11.1. The third-order valence-corrected chi connectivity index (χ3v) is 5.49. The largest absolute Gasteiger partial charge is 0.748 e. The predicted molar refractivity (Wildman–Crippen MR) is 109 cm³/mol. The Bertz CT molecular complexity index is 1210. The number of aromatic carboxylic acids is 2. The first-order valence-electron chi connectivity index (χ1n) is 9.31. The lowest BCUT2D eigenvalue weighted by atomic mass is 9.96. The van der Waals surface area contributed by atoms with Crippen LogP contribution in [-0.4, -0.2) is 45.4 Å². The number of nitrogens with zero attached hydrogens (tertiary/aromatic N) is 2. The second-order valence-corrected chi connectivity index (χ2v) is 8.52. The quantitative estimate of drug-likeness (QED) is 0.379. The fraction of sp³-hybridized carbons (Fsp3) is 0.190. The molecule has 0 spiro atoms. The number of aromatic nitrogens is 2. The molecule has 0 aliphatic heterocycles. The van der Waals surface area contributed by atoms with E-state index < -0.39 is 27.8 Å². The predicted octanol–water partition coefficient (Wildman–Crippen LogP) is 1.82. The van der Waals surface area contributed by atoms with Crippen molar-refractivity contribution >= 4 is 22.1 Å². The van der Waals surface area contributed by atoms with Gasteiger partial charge in [-0.15, -0.1) is 0 Å². The van der Waals surface area contributed by atoms with E-state index in [1.54, 1.807) is 47.6 Å². The first kappa shape index (κ1) is 22.2. The molecule has 1 aromatic heterocycles. The summed E-state index contributed by atoms with van der Waals surface area (Å²) in [4.78, 5) is 22.5. The Labute approximate surface area is 178 Å². The Hall–Kier alpha value is -3.50. The minimum atomic E-state index is -4.26. The van der Waals surface area contributed by atoms with Crippen molar-refractivity contribution < 1.29 is 37.3 Å². The van der Waals surface area contributed by atoms with Crippen molar-refractivity contribution in [2.75, 3.05) is 5.75 Å². The SMILES string of the molecule is O=C(O)c1ccc(-c2ccc(C(=O)O)cc2C[n+]2ccn(CCCS(=O)(=O)[O-])c2)cc1. The van der Waals surface area contributed by atoms with E-state index in [1.807, 2.05) is 4.57 Å². The summed E-state index contributed by atoms with van der Waals surface area (Å²) in [5.41, 5.74) is 2.51. The highest BCUT2D eigenvalue weighted by atomic mass is 32.2. The lowest BCUT2D eigenvalue weighted by Gasteiger charge is -2.10. The molecule has 0 unspecified atom stereocenters. The molecule has 1 heterocycles. The molecule has 3 rings (SSSR count). The fourth-order valence-corrected chi connectivity index (χ4v) is 3.70. The molecular weight excluding hydrogens is 424 g/mol. The van der Waals surface area contributed by atoms with Gasteiger partial charge >= 0.3 is 11.9 Å². The number of aryl methyl sites for hydroxylation is 1. The molecule has 0 radical (unpaired) electrons. The molecule has 0 saturated heterocycles. The van der Waals surface area contributed by atoms with Gasteiger partial charge in [0, 0.05) is 11.3 Å². The topological polar surface area (TPSA) is 141 Å². The molecule has 2 N–H and O–H groups in total. The average molecular weight is 444 g/mol. The van der Waals surface area contributed by atoms with Crippen molar-refractivity contribution in [1.29, 1.82) is 0 Å². The van der Waals surface area contributed by atoms with Crippen LogP contribution in [-0.2, 0) is 23.2 Å². The fourth-order valence-electron chi connectivity index (χ4n) is 3.22. The number of rotatable bonds is 9. The van der Waals surface area contributed by atoms with Crippen LogP contribution in [0.15, 0.2) is 61.2 Å². The van der Waals surface area contributed by atoms with Gasteiger partial charge in [-0.3, -0.25) is 0 Å². The Kier molecular flexibility index (Phi) is 6.52. The summed E-state index contributed by atoms with van der Waals surface area (Å²) < 4.78 is 35.8. The molecule has 10 heteroatoms. The van der Waals surface area contributed by atoms with Gasteiger partial charge < -0.3 is 14.8 Å². The van der Waals surface area contributed by atoms with Crippen LogP contribution in [0.5, 0.6) is 0 Å². The summed E-state index contributed by atoms with van der Waals surface area (Å²) in [5.74, 6) is -2.53. The molecule has 31 heavy (non-hydrogen) atoms. The third-order valence-electron chi connectivity index (χ3n) is 4.70. The molecule has 0 aliphatic rings. The van der Waals surface area contributed by atoms with Crippen molar-refractivity contribution in [1.82, 2.24) is 4.57 Å². The van der Waals surface area contributed by atoms with E-state index in [2.05, 4.69) is 0 Å². The van der Waals surface area contributed by atoms with Crippen molar-refractivity contribution in [3.05, 3.63) is 77.9 Å². The van der Waals surface area contributed by atoms with Gasteiger partial charge in [0.25, 0.3) is 0 Å². The number of carboxylic acids is 2. The Balaban J connectivity index is 1.86. The maximum atomic E-state index is 11.4. The van der Waals surface area contributed by atoms with Crippen LogP contribution in [0.2, 0.25) is 0 Å². The number of benzene rings is 2. The molecular formula is C21H20N2O7S. The first-order chi connectivity index (χ1) is 14.6. The van der Waals surface area contributed by atoms with E-state index in [-0.39, 0.29) is 17.5 Å². The Morgan fingerprint density at radius 2 is 1.65 bits per heavy atom. The number of imidazole rings is 1. The maximum absolute atomic E-state index is 11.4. The molecule has 0 saturated carbocycles. The smallest absolute Gasteiger partial charge is 0.335 e. The second kappa shape index (κ2) is 9.11. The van der Waals surface area contributed by atoms with E-state index in [4.69, 9.17) is 5.11 Å². The summed E-state index contributed by atoms with van der Waals surface area (Å²) in [5, 5.41) is 18.4. The summed E-state index contributed by atoms with van der Waals surface area (Å²) in [6.07, 6.45) is 5.43. The van der Waals surface area contributed by atoms with Crippen molar-refractivity contribution in [3.8, 4) is 11.1 Å². The monoisotopic (exact) mass is 444 g/mol. The van der Waals surface area contributed by atoms with Gasteiger partial charge in [-0.05, 0) is 41.8 Å². The van der Waals surface area contributed by atoms with E-state index in [0.29, 0.717) is 18.7 Å². The Morgan fingerprint density at radius 3 is 2.26 bits per heavy atom. The number of carbonyl (C=O) groups is 2. The van der Waals surface area contributed by atoms with Crippen LogP contribution in [0.25, 0.3) is 11.1 Å². The molecule has 162 valence electrons. The normalized spacial score (nSPS) is 11.4. The van der Waals surface area contributed by atoms with Gasteiger partial charge in [-0.25, -0.2) is 27.1 Å². The molecule has 0 atom stereocenters. The summed E-state index contributed by atoms with van der Waals surface area (Å²) >= 11 is 0. The van der Waals surface area contributed by atoms with E-state index in [9.17, 15) is 27.7 Å². The van der Waals surface area contributed by atoms with Crippen LogP contribution >= 0.6 is 0 Å². The number of hydrogen-bond acceptors (Lipinski definition) is 5. The zero-order valence-corrected chi connectivity index (χ0v) is 17.2. The van der Waals surface area contributed by atoms with Crippen molar-refractivity contribution in [2.24, 2.45) is 0 Å². The lowest BCUT2D eigenvalue weighted by molar-refractivity contribution is -0.687. The van der Waals surface area contributed by atoms with E-state index in [0.717, 1.165) is 11.1 Å². The molecule has 0 aliphatic carbocycles. The van der Waals surface area contributed by atoms with Crippen molar-refractivity contribution in [2.45, 2.75) is 19.5 Å². The molecule has 3 aromatic rings. The lowest BCUT2D eigenvalue weighted by Crippen LogP contribution is -2.32. The van der Waals surface area contributed by atoms with E-state index >= 15 is 0 Å². The maximum Gasteiger partial charge on any atom is 0.335 e. The van der Waals surface area contributed by atoms with Gasteiger partial charge in [0.15, 0.2) is 0 Å². The summed E-state index contributed by atoms with van der Waals surface area (Å²) in [6.45, 7) is 0.692. The van der Waals surface area contributed by atoms with Gasteiger partial charge in [-0.2, -0.15) is 0 Å². The zero-order valence-electron chi connectivity index (χ0n) is 16.3. The molecule has 2 aromatic carbocycles. The number of hydrogen-bond donors (Lipinski definition) is 2. The van der Waals surface area contributed by atoms with Gasteiger partial charge in [-0.1, -0.05) is 18.2 Å². The Morgan fingerprint density at radius 1 is 1.00 bits per heavy atom. The molecule has 0 fully saturated rings. The van der Waals surface area contributed by atoms with Crippen LogP contribution in [0, 0.1) is 0 Å². The van der Waals surface area contributed by atoms with Crippen LogP contribution < -0.4 is 4.57 Å². The van der Waals surface area contributed by atoms with Gasteiger partial charge in [0.05, 0.1) is 27.8 Å². The van der Waals surface area contributed by atoms with Gasteiger partial charge in [0.2, 0.25) is 6.33 Å². The first-order valence-corrected chi connectivity index (χ1v) is 10.9. The molecule has 9 nitrogen and oxygen atoms in total. The minimum Gasteiger partial charge on any atom is -0.748 e. The standard InChI is InChI=1S/C21H20N2O7S/c24-20(25)16-4-2-15(3-5-16)19-7-6-17(21(26)27)12-18(19)13-23-10-9-22(14-23)8-1-11-31(28,29)30/h2-7,9-10,12,14H,1,8,11,13H2,(H2-,24,25,26,27,28,29,30). The van der Waals surface area contributed by atoms with Crippen molar-refractivity contribution in [3.63, 3.8) is 0 Å². The van der Waals surface area contributed by atoms with Crippen LogP contribution in [0.1, 0.15) is 32.7 Å². The third kappa shape index (κ3) is 6.00. The van der Waals surface area contributed by atoms with Crippen LogP contribution in [0.3, 0.4) is 0 Å². The number of carboxylic acid groups (broad SMARTS) is 2. The van der Waals surface area contributed by atoms with E-state index in [1.165, 1.54) is 18.2 Å². The zero-order chi connectivity index (χ0) is 22.6. The minimum absolute atomic E-state index is 0.126. The highest BCUT2D eigenvalue weighted by Crippen LogP contribution is 2.25. The van der Waals surface area contributed by atoms with Crippen LogP contribution in [0.4, 0.5) is 0 Å². The summed E-state index contributed by atoms with van der Waals surface area (Å²) in [7, 11) is -4.26.